The lowest BCUT2D eigenvalue weighted by atomic mass is 10.1. The second-order valence-corrected chi connectivity index (χ2v) is 5.71. The number of hydrogen-bond donors (Lipinski definition) is 1. The lowest BCUT2D eigenvalue weighted by Gasteiger charge is -2.35. The Balaban J connectivity index is 1.72. The van der Waals surface area contributed by atoms with Crippen LogP contribution in [0.25, 0.3) is 5.69 Å². The van der Waals surface area contributed by atoms with E-state index in [9.17, 15) is 9.90 Å². The van der Waals surface area contributed by atoms with E-state index in [0.29, 0.717) is 24.7 Å². The third kappa shape index (κ3) is 2.12. The fourth-order valence-corrected chi connectivity index (χ4v) is 2.70. The maximum Gasteiger partial charge on any atom is 0.276 e. The van der Waals surface area contributed by atoms with E-state index in [1.54, 1.807) is 9.58 Å². The average molecular weight is 284 g/mol. The van der Waals surface area contributed by atoms with E-state index in [1.165, 1.54) is 0 Å². The Morgan fingerprint density at radius 1 is 1.19 bits per heavy atom. The van der Waals surface area contributed by atoms with E-state index >= 15 is 0 Å². The molecular weight excluding hydrogens is 268 g/mol. The summed E-state index contributed by atoms with van der Waals surface area (Å²) in [6.07, 6.45) is 1.74. The molecular formula is C15H16N4O2. The summed E-state index contributed by atoms with van der Waals surface area (Å²) in [6, 6.07) is 9.76. The van der Waals surface area contributed by atoms with Gasteiger partial charge in [-0.1, -0.05) is 23.4 Å². The molecule has 6 heteroatoms. The molecule has 1 aliphatic carbocycles. The van der Waals surface area contributed by atoms with Crippen LogP contribution in [0.1, 0.15) is 34.9 Å². The molecule has 1 saturated heterocycles. The summed E-state index contributed by atoms with van der Waals surface area (Å²) in [7, 11) is 0. The fraction of sp³-hybridized carbons (Fsp3) is 0.400. The number of rotatable bonds is 3. The van der Waals surface area contributed by atoms with Crippen molar-refractivity contribution < 1.29 is 9.90 Å². The molecule has 1 saturated carbocycles. The average Bonchev–Trinajstić information content (AvgIpc) is 3.22. The van der Waals surface area contributed by atoms with Crippen LogP contribution < -0.4 is 0 Å². The zero-order chi connectivity index (χ0) is 14.4. The summed E-state index contributed by atoms with van der Waals surface area (Å²) < 4.78 is 1.78. The molecule has 2 fully saturated rings. The highest BCUT2D eigenvalue weighted by Gasteiger charge is 2.38. The van der Waals surface area contributed by atoms with Crippen molar-refractivity contribution in [1.82, 2.24) is 19.9 Å². The number of aliphatic hydroxyl groups is 1. The van der Waals surface area contributed by atoms with Gasteiger partial charge in [0.15, 0.2) is 5.69 Å². The Hall–Kier alpha value is -2.21. The molecule has 0 atom stereocenters. The number of aliphatic hydroxyl groups excluding tert-OH is 1. The van der Waals surface area contributed by atoms with Gasteiger partial charge in [0.05, 0.1) is 17.5 Å². The first-order valence-corrected chi connectivity index (χ1v) is 7.22. The van der Waals surface area contributed by atoms with Gasteiger partial charge in [-0.15, -0.1) is 5.10 Å². The largest absolute Gasteiger partial charge is 0.389 e. The lowest BCUT2D eigenvalue weighted by Crippen LogP contribution is -2.53. The van der Waals surface area contributed by atoms with Crippen molar-refractivity contribution in [3.63, 3.8) is 0 Å². The zero-order valence-electron chi connectivity index (χ0n) is 11.5. The molecule has 1 aromatic carbocycles. The minimum Gasteiger partial charge on any atom is -0.389 e. The quantitative estimate of drug-likeness (QED) is 0.911. The smallest absolute Gasteiger partial charge is 0.276 e. The van der Waals surface area contributed by atoms with Crippen molar-refractivity contribution >= 4 is 5.91 Å². The van der Waals surface area contributed by atoms with Crippen molar-refractivity contribution in [3.05, 3.63) is 41.7 Å². The van der Waals surface area contributed by atoms with Gasteiger partial charge in [0.25, 0.3) is 5.91 Å². The van der Waals surface area contributed by atoms with Crippen molar-refractivity contribution in [2.75, 3.05) is 13.1 Å². The van der Waals surface area contributed by atoms with Crippen LogP contribution in [0.2, 0.25) is 0 Å². The second-order valence-electron chi connectivity index (χ2n) is 5.71. The van der Waals surface area contributed by atoms with Gasteiger partial charge in [-0.05, 0) is 25.0 Å². The first-order valence-electron chi connectivity index (χ1n) is 7.22. The second kappa shape index (κ2) is 4.66. The Bertz CT molecular complexity index is 672. The Kier molecular flexibility index (Phi) is 2.78. The molecule has 4 rings (SSSR count). The molecule has 0 bridgehead atoms. The Morgan fingerprint density at radius 3 is 2.52 bits per heavy atom. The summed E-state index contributed by atoms with van der Waals surface area (Å²) >= 11 is 0. The van der Waals surface area contributed by atoms with E-state index in [0.717, 1.165) is 24.2 Å². The maximum atomic E-state index is 12.5. The summed E-state index contributed by atoms with van der Waals surface area (Å²) in [5, 5.41) is 17.7. The third-order valence-electron chi connectivity index (χ3n) is 4.02. The minimum absolute atomic E-state index is 0.121. The lowest BCUT2D eigenvalue weighted by molar-refractivity contribution is 0.00541. The molecule has 1 amide bonds. The van der Waals surface area contributed by atoms with Gasteiger partial charge in [0.2, 0.25) is 0 Å². The number of hydrogen-bond acceptors (Lipinski definition) is 4. The highest BCUT2D eigenvalue weighted by molar-refractivity contribution is 5.94. The molecule has 108 valence electrons. The number of amides is 1. The topological polar surface area (TPSA) is 71.2 Å². The summed E-state index contributed by atoms with van der Waals surface area (Å²) in [4.78, 5) is 14.1. The molecule has 0 radical (unpaired) electrons. The summed E-state index contributed by atoms with van der Waals surface area (Å²) in [5.74, 6) is 0.245. The molecule has 1 aliphatic heterocycles. The Labute approximate surface area is 122 Å². The Morgan fingerprint density at radius 2 is 1.90 bits per heavy atom. The SMILES string of the molecule is O=C(c1nnn(-c2ccccc2)c1C1CC1)N1CC(O)C1. The van der Waals surface area contributed by atoms with E-state index in [1.807, 2.05) is 30.3 Å². The molecule has 0 unspecified atom stereocenters. The van der Waals surface area contributed by atoms with Crippen molar-refractivity contribution in [2.24, 2.45) is 0 Å². The first-order chi connectivity index (χ1) is 10.2. The van der Waals surface area contributed by atoms with E-state index in [-0.39, 0.29) is 5.91 Å². The normalized spacial score (nSPS) is 18.6. The zero-order valence-corrected chi connectivity index (χ0v) is 11.5. The molecule has 0 spiro atoms. The maximum absolute atomic E-state index is 12.5. The van der Waals surface area contributed by atoms with E-state index in [4.69, 9.17) is 0 Å². The van der Waals surface area contributed by atoms with Crippen molar-refractivity contribution in [2.45, 2.75) is 24.9 Å². The van der Waals surface area contributed by atoms with Crippen LogP contribution in [0.15, 0.2) is 30.3 Å². The van der Waals surface area contributed by atoms with Gasteiger partial charge >= 0.3 is 0 Å². The number of benzene rings is 1. The standard InChI is InChI=1S/C15H16N4O2/c20-12-8-18(9-12)15(21)13-14(10-6-7-10)19(17-16-13)11-4-2-1-3-5-11/h1-5,10,12,20H,6-9H2. The van der Waals surface area contributed by atoms with Gasteiger partial charge in [-0.2, -0.15) is 0 Å². The monoisotopic (exact) mass is 284 g/mol. The molecule has 6 nitrogen and oxygen atoms in total. The van der Waals surface area contributed by atoms with Crippen LogP contribution in [0.5, 0.6) is 0 Å². The molecule has 2 aromatic rings. The van der Waals surface area contributed by atoms with Crippen LogP contribution >= 0.6 is 0 Å². The van der Waals surface area contributed by atoms with Gasteiger partial charge < -0.3 is 10.0 Å². The van der Waals surface area contributed by atoms with Crippen LogP contribution in [0.4, 0.5) is 0 Å². The van der Waals surface area contributed by atoms with Crippen LogP contribution in [0, 0.1) is 0 Å². The number of carbonyl (C=O) groups is 1. The van der Waals surface area contributed by atoms with Gasteiger partial charge in [0, 0.05) is 19.0 Å². The molecule has 2 aliphatic rings. The van der Waals surface area contributed by atoms with Crippen molar-refractivity contribution in [3.8, 4) is 5.69 Å². The van der Waals surface area contributed by atoms with Gasteiger partial charge in [-0.3, -0.25) is 4.79 Å². The molecule has 2 heterocycles. The number of likely N-dealkylation sites (tertiary alicyclic amines) is 1. The van der Waals surface area contributed by atoms with E-state index in [2.05, 4.69) is 10.3 Å². The number of para-hydroxylation sites is 1. The van der Waals surface area contributed by atoms with Crippen LogP contribution in [0.3, 0.4) is 0 Å². The predicted molar refractivity (Wildman–Crippen MR) is 75.2 cm³/mol. The molecule has 21 heavy (non-hydrogen) atoms. The van der Waals surface area contributed by atoms with E-state index < -0.39 is 6.10 Å². The van der Waals surface area contributed by atoms with Crippen LogP contribution in [-0.4, -0.2) is 50.1 Å². The summed E-state index contributed by atoms with van der Waals surface area (Å²) in [5.41, 5.74) is 2.27. The minimum atomic E-state index is -0.400. The van der Waals surface area contributed by atoms with Gasteiger partial charge in [-0.25, -0.2) is 4.68 Å². The first kappa shape index (κ1) is 12.5. The highest BCUT2D eigenvalue weighted by atomic mass is 16.3. The summed E-state index contributed by atoms with van der Waals surface area (Å²) in [6.45, 7) is 0.780. The van der Waals surface area contributed by atoms with Crippen LogP contribution in [-0.2, 0) is 0 Å². The number of nitrogens with zero attached hydrogens (tertiary/aromatic N) is 4. The third-order valence-corrected chi connectivity index (χ3v) is 4.02. The van der Waals surface area contributed by atoms with Crippen molar-refractivity contribution in [1.29, 1.82) is 0 Å². The molecule has 1 N–H and O–H groups in total. The number of carbonyl (C=O) groups excluding carboxylic acids is 1. The predicted octanol–water partition coefficient (Wildman–Crippen LogP) is 0.961. The number of β-amino-alcohol motifs (C(OH)–C–C–N with tert-alkyl or cyclic N) is 1. The number of aromatic nitrogens is 3. The fourth-order valence-electron chi connectivity index (χ4n) is 2.70. The highest BCUT2D eigenvalue weighted by Crippen LogP contribution is 2.42. The van der Waals surface area contributed by atoms with Gasteiger partial charge in [0.1, 0.15) is 0 Å². The molecule has 1 aromatic heterocycles.